The monoisotopic (exact) mass is 202 g/mol. The van der Waals surface area contributed by atoms with Crippen LogP contribution in [0.2, 0.25) is 0 Å². The summed E-state index contributed by atoms with van der Waals surface area (Å²) in [7, 11) is -3.18. The van der Waals surface area contributed by atoms with Crippen LogP contribution in [-0.4, -0.2) is 23.0 Å². The minimum absolute atomic E-state index is 0.0315. The highest BCUT2D eigenvalue weighted by Crippen LogP contribution is 2.36. The zero-order chi connectivity index (χ0) is 9.90. The molecule has 0 spiro atoms. The topological polar surface area (TPSA) is 66.8 Å². The first kappa shape index (κ1) is 10.1. The van der Waals surface area contributed by atoms with E-state index in [-0.39, 0.29) is 17.8 Å². The molecule has 13 heavy (non-hydrogen) atoms. The second-order valence-corrected chi connectivity index (χ2v) is 5.15. The SMILES string of the molecule is CP(=O)(O)COc1ccccc1O. The van der Waals surface area contributed by atoms with Crippen LogP contribution in [0.5, 0.6) is 11.5 Å². The van der Waals surface area contributed by atoms with Crippen molar-refractivity contribution in [3.8, 4) is 11.5 Å². The van der Waals surface area contributed by atoms with Gasteiger partial charge in [-0.3, -0.25) is 4.57 Å². The molecule has 1 aromatic rings. The summed E-state index contributed by atoms with van der Waals surface area (Å²) < 4.78 is 15.8. The Kier molecular flexibility index (Phi) is 2.96. The van der Waals surface area contributed by atoms with Crippen LogP contribution in [-0.2, 0) is 4.57 Å². The quantitative estimate of drug-likeness (QED) is 0.731. The van der Waals surface area contributed by atoms with Gasteiger partial charge in [0.1, 0.15) is 0 Å². The third-order valence-electron chi connectivity index (χ3n) is 1.32. The highest BCUT2D eigenvalue weighted by Gasteiger charge is 2.11. The molecule has 4 nitrogen and oxygen atoms in total. The average Bonchev–Trinajstić information content (AvgIpc) is 2.01. The highest BCUT2D eigenvalue weighted by molar-refractivity contribution is 7.56. The van der Waals surface area contributed by atoms with Crippen LogP contribution in [0.3, 0.4) is 0 Å². The number of para-hydroxylation sites is 2. The Morgan fingerprint density at radius 1 is 1.46 bits per heavy atom. The fourth-order valence-corrected chi connectivity index (χ4v) is 1.15. The predicted octanol–water partition coefficient (Wildman–Crippen LogP) is 1.63. The predicted molar refractivity (Wildman–Crippen MR) is 49.4 cm³/mol. The van der Waals surface area contributed by atoms with Gasteiger partial charge in [0.15, 0.2) is 17.8 Å². The van der Waals surface area contributed by atoms with E-state index in [1.165, 1.54) is 18.8 Å². The van der Waals surface area contributed by atoms with Gasteiger partial charge in [0.05, 0.1) is 0 Å². The molecule has 72 valence electrons. The zero-order valence-corrected chi connectivity index (χ0v) is 8.07. The standard InChI is InChI=1S/C8H11O4P/c1-13(10,11)6-12-8-5-3-2-4-7(8)9/h2-5,9H,6H2,1H3,(H,10,11). The van der Waals surface area contributed by atoms with E-state index in [9.17, 15) is 9.67 Å². The number of hydrogen-bond acceptors (Lipinski definition) is 3. The smallest absolute Gasteiger partial charge is 0.233 e. The largest absolute Gasteiger partial charge is 0.504 e. The van der Waals surface area contributed by atoms with Crippen molar-refractivity contribution in [3.05, 3.63) is 24.3 Å². The van der Waals surface area contributed by atoms with Crippen LogP contribution in [0.15, 0.2) is 24.3 Å². The van der Waals surface area contributed by atoms with Crippen molar-refractivity contribution >= 4 is 7.37 Å². The number of hydrogen-bond donors (Lipinski definition) is 2. The molecule has 5 heteroatoms. The maximum atomic E-state index is 10.8. The van der Waals surface area contributed by atoms with Crippen LogP contribution in [0, 0.1) is 0 Å². The molecule has 0 saturated heterocycles. The third kappa shape index (κ3) is 3.49. The molecule has 0 aromatic heterocycles. The van der Waals surface area contributed by atoms with Crippen LogP contribution >= 0.6 is 7.37 Å². The van der Waals surface area contributed by atoms with Gasteiger partial charge in [-0.05, 0) is 12.1 Å². The van der Waals surface area contributed by atoms with Gasteiger partial charge in [0.25, 0.3) is 0 Å². The van der Waals surface area contributed by atoms with Crippen molar-refractivity contribution < 1.29 is 19.3 Å². The highest BCUT2D eigenvalue weighted by atomic mass is 31.2. The summed E-state index contributed by atoms with van der Waals surface area (Å²) in [5.41, 5.74) is 0. The number of phenols is 1. The van der Waals surface area contributed by atoms with E-state index in [4.69, 9.17) is 9.63 Å². The second-order valence-electron chi connectivity index (χ2n) is 2.79. The lowest BCUT2D eigenvalue weighted by Gasteiger charge is -2.09. The Morgan fingerprint density at radius 3 is 2.62 bits per heavy atom. The lowest BCUT2D eigenvalue weighted by atomic mass is 10.3. The molecule has 0 amide bonds. The van der Waals surface area contributed by atoms with Crippen LogP contribution in [0.1, 0.15) is 0 Å². The molecule has 2 N–H and O–H groups in total. The molecule has 1 aromatic carbocycles. The van der Waals surface area contributed by atoms with Crippen molar-refractivity contribution in [2.24, 2.45) is 0 Å². The summed E-state index contributed by atoms with van der Waals surface area (Å²) in [6, 6.07) is 6.30. The second kappa shape index (κ2) is 3.81. The van der Waals surface area contributed by atoms with E-state index < -0.39 is 7.37 Å². The Hall–Kier alpha value is -0.990. The lowest BCUT2D eigenvalue weighted by Crippen LogP contribution is -1.97. The zero-order valence-electron chi connectivity index (χ0n) is 7.17. The molecule has 0 aliphatic heterocycles. The summed E-state index contributed by atoms with van der Waals surface area (Å²) in [5.74, 6) is 0.189. The number of aromatic hydroxyl groups is 1. The maximum absolute atomic E-state index is 10.8. The molecule has 0 bridgehead atoms. The summed E-state index contributed by atoms with van der Waals surface area (Å²) in [6.07, 6.45) is -0.287. The molecule has 1 rings (SSSR count). The van der Waals surface area contributed by atoms with Gasteiger partial charge in [-0.25, -0.2) is 0 Å². The van der Waals surface area contributed by atoms with Gasteiger partial charge >= 0.3 is 0 Å². The molecule has 1 unspecified atom stereocenters. The fourth-order valence-electron chi connectivity index (χ4n) is 0.769. The molecule has 0 aliphatic carbocycles. The van der Waals surface area contributed by atoms with Gasteiger partial charge in [-0.1, -0.05) is 12.1 Å². The van der Waals surface area contributed by atoms with Crippen molar-refractivity contribution in [3.63, 3.8) is 0 Å². The minimum atomic E-state index is -3.18. The Balaban J connectivity index is 2.65. The summed E-state index contributed by atoms with van der Waals surface area (Å²) >= 11 is 0. The van der Waals surface area contributed by atoms with E-state index in [1.54, 1.807) is 12.1 Å². The number of phenolic OH excluding ortho intramolecular Hbond substituents is 1. The Labute approximate surface area is 76.2 Å². The van der Waals surface area contributed by atoms with Crippen molar-refractivity contribution in [1.82, 2.24) is 0 Å². The van der Waals surface area contributed by atoms with Crippen molar-refractivity contribution in [2.45, 2.75) is 0 Å². The van der Waals surface area contributed by atoms with Crippen molar-refractivity contribution in [2.75, 3.05) is 13.0 Å². The minimum Gasteiger partial charge on any atom is -0.504 e. The maximum Gasteiger partial charge on any atom is 0.233 e. The van der Waals surface area contributed by atoms with Gasteiger partial charge in [-0.15, -0.1) is 0 Å². The molecule has 1 atom stereocenters. The first-order valence-corrected chi connectivity index (χ1v) is 5.98. The van der Waals surface area contributed by atoms with Gasteiger partial charge in [0.2, 0.25) is 7.37 Å². The lowest BCUT2D eigenvalue weighted by molar-refractivity contribution is 0.332. The summed E-state index contributed by atoms with van der Waals surface area (Å²) in [4.78, 5) is 8.92. The van der Waals surface area contributed by atoms with Gasteiger partial charge in [-0.2, -0.15) is 0 Å². The molecular formula is C8H11O4P. The average molecular weight is 202 g/mol. The fraction of sp³-hybridized carbons (Fsp3) is 0.250. The van der Waals surface area contributed by atoms with Crippen LogP contribution in [0.25, 0.3) is 0 Å². The first-order valence-electron chi connectivity index (χ1n) is 3.69. The first-order chi connectivity index (χ1) is 5.99. The Bertz CT molecular complexity index is 331. The van der Waals surface area contributed by atoms with E-state index in [2.05, 4.69) is 0 Å². The molecule has 0 radical (unpaired) electrons. The number of ether oxygens (including phenoxy) is 1. The summed E-state index contributed by atoms with van der Waals surface area (Å²) in [5, 5.41) is 9.21. The van der Waals surface area contributed by atoms with E-state index in [0.29, 0.717) is 0 Å². The molecular weight excluding hydrogens is 191 g/mol. The van der Waals surface area contributed by atoms with E-state index in [0.717, 1.165) is 0 Å². The third-order valence-corrected chi connectivity index (χ3v) is 1.93. The molecule has 0 fully saturated rings. The molecule has 0 heterocycles. The van der Waals surface area contributed by atoms with Crippen LogP contribution < -0.4 is 4.74 Å². The van der Waals surface area contributed by atoms with E-state index >= 15 is 0 Å². The van der Waals surface area contributed by atoms with Gasteiger partial charge in [0, 0.05) is 6.66 Å². The van der Waals surface area contributed by atoms with Crippen molar-refractivity contribution in [1.29, 1.82) is 0 Å². The molecule has 0 aliphatic rings. The Morgan fingerprint density at radius 2 is 2.08 bits per heavy atom. The number of benzene rings is 1. The van der Waals surface area contributed by atoms with Gasteiger partial charge < -0.3 is 14.7 Å². The van der Waals surface area contributed by atoms with Crippen LogP contribution in [0.4, 0.5) is 0 Å². The normalized spacial score (nSPS) is 14.9. The molecule has 0 saturated carbocycles. The number of rotatable bonds is 3. The van der Waals surface area contributed by atoms with E-state index in [1.807, 2.05) is 0 Å². The summed E-state index contributed by atoms with van der Waals surface area (Å²) in [6.45, 7) is 1.20.